The molecule has 0 N–H and O–H groups in total. The van der Waals surface area contributed by atoms with E-state index in [0.717, 1.165) is 38.0 Å². The summed E-state index contributed by atoms with van der Waals surface area (Å²) in [6.07, 6.45) is 1.91. The fraction of sp³-hybridized carbons (Fsp3) is 0.462. The van der Waals surface area contributed by atoms with Gasteiger partial charge in [-0.05, 0) is 37.6 Å². The van der Waals surface area contributed by atoms with Crippen LogP contribution in [0.5, 0.6) is 0 Å². The summed E-state index contributed by atoms with van der Waals surface area (Å²) in [5.74, 6) is 0.223. The van der Waals surface area contributed by atoms with Gasteiger partial charge in [0.1, 0.15) is 0 Å². The van der Waals surface area contributed by atoms with Crippen molar-refractivity contribution in [3.8, 4) is 6.07 Å². The molecule has 0 aliphatic carbocycles. The van der Waals surface area contributed by atoms with Gasteiger partial charge in [-0.25, -0.2) is 0 Å². The molecule has 0 bridgehead atoms. The number of likely N-dealkylation sites (tertiary alicyclic amines) is 1. The van der Waals surface area contributed by atoms with E-state index in [1.807, 2.05) is 12.1 Å². The van der Waals surface area contributed by atoms with Crippen molar-refractivity contribution in [2.75, 3.05) is 13.1 Å². The summed E-state index contributed by atoms with van der Waals surface area (Å²) in [5.41, 5.74) is 1.06. The molecular formula is C13H14Cl2N2. The summed E-state index contributed by atoms with van der Waals surface area (Å²) >= 11 is 12.1. The predicted molar refractivity (Wildman–Crippen MR) is 70.1 cm³/mol. The number of hydrogen-bond acceptors (Lipinski definition) is 2. The molecular weight excluding hydrogens is 255 g/mol. The summed E-state index contributed by atoms with van der Waals surface area (Å²) in [7, 11) is 0. The van der Waals surface area contributed by atoms with E-state index in [1.165, 1.54) is 0 Å². The maximum atomic E-state index is 8.84. The minimum Gasteiger partial charge on any atom is -0.299 e. The predicted octanol–water partition coefficient (Wildman–Crippen LogP) is 3.73. The molecule has 1 aliphatic heterocycles. The lowest BCUT2D eigenvalue weighted by molar-refractivity contribution is 0.198. The van der Waals surface area contributed by atoms with Crippen molar-refractivity contribution in [2.45, 2.75) is 19.4 Å². The molecule has 1 aromatic rings. The van der Waals surface area contributed by atoms with Gasteiger partial charge in [0.2, 0.25) is 0 Å². The molecule has 2 rings (SSSR count). The second-order valence-electron chi connectivity index (χ2n) is 4.39. The quantitative estimate of drug-likeness (QED) is 0.818. The van der Waals surface area contributed by atoms with Crippen LogP contribution in [0.15, 0.2) is 18.2 Å². The van der Waals surface area contributed by atoms with Crippen molar-refractivity contribution in [3.05, 3.63) is 33.8 Å². The first-order valence-electron chi connectivity index (χ1n) is 5.75. The van der Waals surface area contributed by atoms with Gasteiger partial charge in [-0.2, -0.15) is 5.26 Å². The van der Waals surface area contributed by atoms with Crippen LogP contribution in [0.4, 0.5) is 0 Å². The lowest BCUT2D eigenvalue weighted by atomic mass is 9.98. The highest BCUT2D eigenvalue weighted by Crippen LogP contribution is 2.27. The highest BCUT2D eigenvalue weighted by atomic mass is 35.5. The van der Waals surface area contributed by atoms with E-state index < -0.39 is 0 Å². The van der Waals surface area contributed by atoms with Crippen LogP contribution < -0.4 is 0 Å². The molecule has 0 unspecified atom stereocenters. The fourth-order valence-electron chi connectivity index (χ4n) is 2.13. The second kappa shape index (κ2) is 5.73. The molecule has 0 aromatic heterocycles. The van der Waals surface area contributed by atoms with Gasteiger partial charge < -0.3 is 0 Å². The van der Waals surface area contributed by atoms with Crippen molar-refractivity contribution in [1.29, 1.82) is 5.26 Å². The van der Waals surface area contributed by atoms with Gasteiger partial charge in [-0.1, -0.05) is 35.3 Å². The molecule has 2 nitrogen and oxygen atoms in total. The first kappa shape index (κ1) is 12.7. The number of nitriles is 1. The van der Waals surface area contributed by atoms with Crippen molar-refractivity contribution in [1.82, 2.24) is 4.90 Å². The largest absolute Gasteiger partial charge is 0.299 e. The van der Waals surface area contributed by atoms with Crippen molar-refractivity contribution in [3.63, 3.8) is 0 Å². The van der Waals surface area contributed by atoms with Crippen LogP contribution in [-0.4, -0.2) is 18.0 Å². The van der Waals surface area contributed by atoms with E-state index in [1.54, 1.807) is 6.07 Å². The Bertz CT molecular complexity index is 432. The van der Waals surface area contributed by atoms with Gasteiger partial charge in [-0.3, -0.25) is 4.90 Å². The fourth-order valence-corrected chi connectivity index (χ4v) is 2.51. The third-order valence-electron chi connectivity index (χ3n) is 3.20. The molecule has 0 radical (unpaired) electrons. The van der Waals surface area contributed by atoms with Crippen molar-refractivity contribution in [2.24, 2.45) is 5.92 Å². The first-order chi connectivity index (χ1) is 8.20. The van der Waals surface area contributed by atoms with Gasteiger partial charge in [0.25, 0.3) is 0 Å². The maximum absolute atomic E-state index is 8.84. The normalized spacial score (nSPS) is 17.9. The van der Waals surface area contributed by atoms with Crippen LogP contribution in [0, 0.1) is 17.2 Å². The van der Waals surface area contributed by atoms with Crippen LogP contribution in [-0.2, 0) is 6.54 Å². The molecule has 0 spiro atoms. The minimum atomic E-state index is 0.223. The summed E-state index contributed by atoms with van der Waals surface area (Å²) in [4.78, 5) is 2.32. The van der Waals surface area contributed by atoms with E-state index in [4.69, 9.17) is 28.5 Å². The van der Waals surface area contributed by atoms with Crippen LogP contribution in [0.25, 0.3) is 0 Å². The molecule has 4 heteroatoms. The van der Waals surface area contributed by atoms with E-state index in [0.29, 0.717) is 10.0 Å². The summed E-state index contributed by atoms with van der Waals surface area (Å²) in [6.45, 7) is 2.74. The summed E-state index contributed by atoms with van der Waals surface area (Å²) in [6, 6.07) is 8.06. The molecule has 0 saturated carbocycles. The lowest BCUT2D eigenvalue weighted by Crippen LogP contribution is -2.32. The van der Waals surface area contributed by atoms with E-state index in [-0.39, 0.29) is 5.92 Å². The SMILES string of the molecule is N#CC1CCN(Cc2cccc(Cl)c2Cl)CC1. The Morgan fingerprint density at radius 3 is 2.65 bits per heavy atom. The van der Waals surface area contributed by atoms with Gasteiger partial charge in [0, 0.05) is 12.5 Å². The zero-order valence-corrected chi connectivity index (χ0v) is 11.0. The average Bonchev–Trinajstić information content (AvgIpc) is 2.36. The molecule has 1 saturated heterocycles. The zero-order valence-electron chi connectivity index (χ0n) is 9.50. The molecule has 90 valence electrons. The van der Waals surface area contributed by atoms with Crippen molar-refractivity contribution < 1.29 is 0 Å². The highest BCUT2D eigenvalue weighted by Gasteiger charge is 2.19. The van der Waals surface area contributed by atoms with Crippen LogP contribution in [0.3, 0.4) is 0 Å². The number of rotatable bonds is 2. The zero-order chi connectivity index (χ0) is 12.3. The second-order valence-corrected chi connectivity index (χ2v) is 5.18. The van der Waals surface area contributed by atoms with Gasteiger partial charge >= 0.3 is 0 Å². The number of halogens is 2. The Labute approximate surface area is 112 Å². The van der Waals surface area contributed by atoms with E-state index in [2.05, 4.69) is 11.0 Å². The van der Waals surface area contributed by atoms with E-state index >= 15 is 0 Å². The van der Waals surface area contributed by atoms with Gasteiger partial charge in [0.15, 0.2) is 0 Å². The van der Waals surface area contributed by atoms with Crippen LogP contribution in [0.1, 0.15) is 18.4 Å². The molecule has 1 aromatic carbocycles. The smallest absolute Gasteiger partial charge is 0.0656 e. The Kier molecular flexibility index (Phi) is 4.28. The van der Waals surface area contributed by atoms with E-state index in [9.17, 15) is 0 Å². The standard InChI is InChI=1S/C13H14Cl2N2/c14-12-3-1-2-11(13(12)15)9-17-6-4-10(8-16)5-7-17/h1-3,10H,4-7,9H2. The van der Waals surface area contributed by atoms with Gasteiger partial charge in [-0.15, -0.1) is 0 Å². The van der Waals surface area contributed by atoms with Crippen molar-refractivity contribution >= 4 is 23.2 Å². The lowest BCUT2D eigenvalue weighted by Gasteiger charge is -2.29. The summed E-state index contributed by atoms with van der Waals surface area (Å²) < 4.78 is 0. The first-order valence-corrected chi connectivity index (χ1v) is 6.51. The monoisotopic (exact) mass is 268 g/mol. The summed E-state index contributed by atoms with van der Waals surface area (Å²) in [5, 5.41) is 10.1. The van der Waals surface area contributed by atoms with Crippen LogP contribution in [0.2, 0.25) is 10.0 Å². The molecule has 0 amide bonds. The molecule has 1 aliphatic rings. The topological polar surface area (TPSA) is 27.0 Å². The minimum absolute atomic E-state index is 0.223. The number of hydrogen-bond donors (Lipinski definition) is 0. The third-order valence-corrected chi connectivity index (χ3v) is 4.05. The number of nitrogens with zero attached hydrogens (tertiary/aromatic N) is 2. The average molecular weight is 269 g/mol. The molecule has 17 heavy (non-hydrogen) atoms. The Balaban J connectivity index is 1.98. The third kappa shape index (κ3) is 3.13. The molecule has 1 heterocycles. The number of benzene rings is 1. The van der Waals surface area contributed by atoms with Crippen LogP contribution >= 0.6 is 23.2 Å². The Morgan fingerprint density at radius 1 is 1.29 bits per heavy atom. The molecule has 1 fully saturated rings. The highest BCUT2D eigenvalue weighted by molar-refractivity contribution is 6.42. The molecule has 0 atom stereocenters. The number of piperidine rings is 1. The Hall–Kier alpha value is -0.750. The maximum Gasteiger partial charge on any atom is 0.0656 e. The Morgan fingerprint density at radius 2 is 2.00 bits per heavy atom. The van der Waals surface area contributed by atoms with Gasteiger partial charge in [0.05, 0.1) is 16.1 Å².